The Kier molecular flexibility index (Phi) is 45.8. The van der Waals surface area contributed by atoms with Gasteiger partial charge in [0.1, 0.15) is 6.61 Å². The van der Waals surface area contributed by atoms with E-state index in [4.69, 9.17) is 14.2 Å². The summed E-state index contributed by atoms with van der Waals surface area (Å²) in [6.07, 6.45) is 58.8. The maximum absolute atomic E-state index is 12.8. The van der Waals surface area contributed by atoms with E-state index in [0.717, 1.165) is 57.8 Å². The summed E-state index contributed by atoms with van der Waals surface area (Å²) in [5.74, 6) is -1.47. The highest BCUT2D eigenvalue weighted by Gasteiger charge is 2.31. The molecule has 0 aromatic carbocycles. The largest absolute Gasteiger partial charge is 0.477 e. The molecule has 0 saturated carbocycles. The number of esters is 2. The summed E-state index contributed by atoms with van der Waals surface area (Å²) in [6.45, 7) is 4.65. The minimum Gasteiger partial charge on any atom is -0.477 e. The van der Waals surface area contributed by atoms with E-state index in [1.807, 2.05) is 21.1 Å². The van der Waals surface area contributed by atoms with Gasteiger partial charge in [-0.1, -0.05) is 204 Å². The highest BCUT2D eigenvalue weighted by Crippen LogP contribution is 2.16. The Hall–Kier alpha value is -2.71. The lowest BCUT2D eigenvalue weighted by atomic mass is 10.1. The molecule has 0 heterocycles. The van der Waals surface area contributed by atoms with E-state index < -0.39 is 18.1 Å². The Labute approximate surface area is 401 Å². The summed E-state index contributed by atoms with van der Waals surface area (Å²) < 4.78 is 17.4. The molecule has 8 nitrogen and oxygen atoms in total. The first-order valence-electron chi connectivity index (χ1n) is 27.2. The van der Waals surface area contributed by atoms with Crippen LogP contribution in [0.4, 0.5) is 0 Å². The fourth-order valence-corrected chi connectivity index (χ4v) is 8.04. The maximum Gasteiger partial charge on any atom is 0.362 e. The van der Waals surface area contributed by atoms with Crippen LogP contribution in [-0.4, -0.2) is 80.6 Å². The zero-order chi connectivity index (χ0) is 47.7. The van der Waals surface area contributed by atoms with Crippen LogP contribution in [0.15, 0.2) is 48.6 Å². The molecule has 0 aliphatic heterocycles. The number of likely N-dealkylation sites (N-methyl/N-ethyl adjacent to an activating group) is 1. The van der Waals surface area contributed by atoms with Crippen molar-refractivity contribution in [1.29, 1.82) is 0 Å². The average molecular weight is 915 g/mol. The number of allylic oxidation sites excluding steroid dienone is 8. The average Bonchev–Trinajstić information content (AvgIpc) is 3.27. The smallest absolute Gasteiger partial charge is 0.362 e. The van der Waals surface area contributed by atoms with Gasteiger partial charge < -0.3 is 23.8 Å². The maximum atomic E-state index is 12.8. The summed E-state index contributed by atoms with van der Waals surface area (Å²) in [6, 6.07) is -0.617. The van der Waals surface area contributed by atoms with Gasteiger partial charge in [-0.15, -0.1) is 0 Å². The number of hydrogen-bond acceptors (Lipinski definition) is 6. The second-order valence-electron chi connectivity index (χ2n) is 19.5. The van der Waals surface area contributed by atoms with Gasteiger partial charge >= 0.3 is 17.9 Å². The second kappa shape index (κ2) is 47.8. The Morgan fingerprint density at radius 1 is 0.477 bits per heavy atom. The van der Waals surface area contributed by atoms with Crippen LogP contribution in [-0.2, 0) is 28.6 Å². The normalized spacial score (nSPS) is 13.2. The zero-order valence-corrected chi connectivity index (χ0v) is 43.2. The fourth-order valence-electron chi connectivity index (χ4n) is 8.04. The number of nitrogens with zero attached hydrogens (tertiary/aromatic N) is 1. The van der Waals surface area contributed by atoms with E-state index in [9.17, 15) is 19.5 Å². The van der Waals surface area contributed by atoms with E-state index >= 15 is 0 Å². The third-order valence-electron chi connectivity index (χ3n) is 12.2. The lowest BCUT2D eigenvalue weighted by molar-refractivity contribution is -0.887. The number of rotatable bonds is 49. The van der Waals surface area contributed by atoms with Gasteiger partial charge in [-0.3, -0.25) is 9.59 Å². The summed E-state index contributed by atoms with van der Waals surface area (Å²) in [7, 11) is 5.54. The Morgan fingerprint density at radius 2 is 0.862 bits per heavy atom. The molecule has 2 atom stereocenters. The van der Waals surface area contributed by atoms with Crippen LogP contribution in [0, 0.1) is 0 Å². The molecule has 0 amide bonds. The van der Waals surface area contributed by atoms with Gasteiger partial charge in [0.05, 0.1) is 34.4 Å². The molecular formula is C57H104NO7+. The van der Waals surface area contributed by atoms with Crippen molar-refractivity contribution in [2.75, 3.05) is 41.0 Å². The molecule has 0 saturated heterocycles. The fraction of sp³-hybridized carbons (Fsp3) is 0.807. The number of unbranched alkanes of at least 4 members (excludes halogenated alkanes) is 27. The van der Waals surface area contributed by atoms with Gasteiger partial charge in [-0.25, -0.2) is 4.79 Å². The van der Waals surface area contributed by atoms with Crippen molar-refractivity contribution in [2.24, 2.45) is 0 Å². The number of ether oxygens (including phenoxy) is 3. The van der Waals surface area contributed by atoms with Gasteiger partial charge in [0, 0.05) is 19.3 Å². The summed E-state index contributed by atoms with van der Waals surface area (Å²) >= 11 is 0. The van der Waals surface area contributed by atoms with Crippen molar-refractivity contribution < 1.29 is 38.2 Å². The molecule has 378 valence electrons. The molecule has 0 aliphatic carbocycles. The molecule has 0 aliphatic rings. The number of carboxylic acid groups (broad SMARTS) is 1. The van der Waals surface area contributed by atoms with Gasteiger partial charge in [0.15, 0.2) is 12.1 Å². The lowest BCUT2D eigenvalue weighted by Gasteiger charge is -2.31. The molecular weight excluding hydrogens is 811 g/mol. The zero-order valence-electron chi connectivity index (χ0n) is 43.2. The summed E-state index contributed by atoms with van der Waals surface area (Å²) in [5.41, 5.74) is 0. The van der Waals surface area contributed by atoms with Crippen molar-refractivity contribution in [1.82, 2.24) is 0 Å². The number of quaternary nitrogens is 1. The predicted octanol–water partition coefficient (Wildman–Crippen LogP) is 15.9. The van der Waals surface area contributed by atoms with Gasteiger partial charge in [-0.2, -0.15) is 0 Å². The molecule has 0 rings (SSSR count). The SMILES string of the molecule is CC/C=C/C/C=C/C/C=C/CCCCCCCCCCCCC(=O)OCC(COCCC(C(=O)O)[N+](C)(C)C)OC(=O)CCCCCCCCC/C=C/CCCCCCCCCCCC. The molecule has 0 aromatic rings. The second-order valence-corrected chi connectivity index (χ2v) is 19.5. The molecule has 1 N–H and O–H groups in total. The molecule has 0 bridgehead atoms. The standard InChI is InChI=1S/C57H103NO7/c1-6-8-10-12-14-16-18-20-22-24-26-28-30-32-34-36-38-40-42-44-46-48-56(60)65-53(51-63-50-49-54(57(61)62)58(3,4)5)52-64-55(59)47-45-43-41-39-37-35-33-31-29-27-25-23-21-19-17-15-13-11-9-7-2/h9,11,15,17,21,23,28,30,53-54H,6-8,10,12-14,16,18-20,22,24-27,29,31-52H2,1-5H3/p+1/b11-9+,17-15+,23-21+,30-28+. The van der Waals surface area contributed by atoms with Crippen LogP contribution in [0.5, 0.6) is 0 Å². The molecule has 8 heteroatoms. The number of carbonyl (C=O) groups excluding carboxylic acids is 2. The highest BCUT2D eigenvalue weighted by molar-refractivity contribution is 5.72. The number of carbonyl (C=O) groups is 3. The van der Waals surface area contributed by atoms with E-state index in [1.54, 1.807) is 0 Å². The molecule has 0 aromatic heterocycles. The summed E-state index contributed by atoms with van der Waals surface area (Å²) in [5, 5.41) is 9.67. The van der Waals surface area contributed by atoms with Gasteiger partial charge in [0.25, 0.3) is 0 Å². The molecule has 2 unspecified atom stereocenters. The lowest BCUT2D eigenvalue weighted by Crippen LogP contribution is -2.50. The van der Waals surface area contributed by atoms with Crippen LogP contribution in [0.3, 0.4) is 0 Å². The summed E-state index contributed by atoms with van der Waals surface area (Å²) in [4.78, 5) is 37.2. The monoisotopic (exact) mass is 915 g/mol. The number of aliphatic carboxylic acids is 1. The first kappa shape index (κ1) is 62.3. The Balaban J connectivity index is 4.21. The van der Waals surface area contributed by atoms with Crippen LogP contribution in [0.2, 0.25) is 0 Å². The van der Waals surface area contributed by atoms with Crippen LogP contribution in [0.1, 0.15) is 245 Å². The van der Waals surface area contributed by atoms with Crippen LogP contribution >= 0.6 is 0 Å². The molecule has 0 radical (unpaired) electrons. The van der Waals surface area contributed by atoms with Crippen molar-refractivity contribution in [3.63, 3.8) is 0 Å². The third kappa shape index (κ3) is 46.2. The van der Waals surface area contributed by atoms with E-state index in [2.05, 4.69) is 62.5 Å². The van der Waals surface area contributed by atoms with Crippen LogP contribution < -0.4 is 0 Å². The quantitative estimate of drug-likeness (QED) is 0.0281. The van der Waals surface area contributed by atoms with Gasteiger partial charge in [-0.05, 0) is 70.6 Å². The molecule has 65 heavy (non-hydrogen) atoms. The van der Waals surface area contributed by atoms with E-state index in [1.165, 1.54) is 154 Å². The molecule has 0 spiro atoms. The van der Waals surface area contributed by atoms with Crippen LogP contribution in [0.25, 0.3) is 0 Å². The highest BCUT2D eigenvalue weighted by atomic mass is 16.6. The number of hydrogen-bond donors (Lipinski definition) is 1. The Morgan fingerprint density at radius 3 is 1.29 bits per heavy atom. The first-order chi connectivity index (χ1) is 31.6. The van der Waals surface area contributed by atoms with Crippen molar-refractivity contribution in [3.8, 4) is 0 Å². The minimum absolute atomic E-state index is 0.0540. The predicted molar refractivity (Wildman–Crippen MR) is 275 cm³/mol. The number of carboxylic acids is 1. The third-order valence-corrected chi connectivity index (χ3v) is 12.2. The van der Waals surface area contributed by atoms with E-state index in [-0.39, 0.29) is 36.2 Å². The van der Waals surface area contributed by atoms with Crippen molar-refractivity contribution >= 4 is 17.9 Å². The van der Waals surface area contributed by atoms with E-state index in [0.29, 0.717) is 19.3 Å². The minimum atomic E-state index is -0.875. The first-order valence-corrected chi connectivity index (χ1v) is 27.2. The van der Waals surface area contributed by atoms with Crippen molar-refractivity contribution in [3.05, 3.63) is 48.6 Å². The Bertz CT molecular complexity index is 1200. The van der Waals surface area contributed by atoms with Crippen molar-refractivity contribution in [2.45, 2.75) is 257 Å². The topological polar surface area (TPSA) is 99.1 Å². The van der Waals surface area contributed by atoms with Gasteiger partial charge in [0.2, 0.25) is 0 Å². The molecule has 0 fully saturated rings.